The molecule has 2 heterocycles. The number of aryl methyl sites for hydroxylation is 1. The Labute approximate surface area is 206 Å². The van der Waals surface area contributed by atoms with Gasteiger partial charge in [0, 0.05) is 6.20 Å². The van der Waals surface area contributed by atoms with E-state index in [1.165, 1.54) is 25.0 Å². The minimum Gasteiger partial charge on any atom is -0.495 e. The molecule has 36 heavy (non-hydrogen) atoms. The lowest BCUT2D eigenvalue weighted by Crippen LogP contribution is -2.48. The van der Waals surface area contributed by atoms with Crippen molar-refractivity contribution in [2.45, 2.75) is 39.0 Å². The molecule has 0 unspecified atom stereocenters. The lowest BCUT2D eigenvalue weighted by molar-refractivity contribution is -0.145. The van der Waals surface area contributed by atoms with E-state index in [9.17, 15) is 23.1 Å². The summed E-state index contributed by atoms with van der Waals surface area (Å²) in [5.41, 5.74) is 2.13. The van der Waals surface area contributed by atoms with Crippen LogP contribution in [0.3, 0.4) is 0 Å². The van der Waals surface area contributed by atoms with Gasteiger partial charge in [0.15, 0.2) is 23.2 Å². The number of aliphatic hydroxyl groups excluding tert-OH is 1. The van der Waals surface area contributed by atoms with Crippen molar-refractivity contribution in [3.63, 3.8) is 0 Å². The molecule has 1 fully saturated rings. The third kappa shape index (κ3) is 4.94. The van der Waals surface area contributed by atoms with Crippen molar-refractivity contribution in [1.82, 2.24) is 14.5 Å². The molecule has 10 heteroatoms. The third-order valence-electron chi connectivity index (χ3n) is 5.89. The maximum Gasteiger partial charge on any atom is 0.289 e. The molecule has 0 saturated carbocycles. The van der Waals surface area contributed by atoms with Gasteiger partial charge in [-0.3, -0.25) is 4.79 Å². The predicted octanol–water partition coefficient (Wildman–Crippen LogP) is 4.32. The minimum atomic E-state index is -1.62. The highest BCUT2D eigenvalue weighted by molar-refractivity contribution is 5.97. The van der Waals surface area contributed by atoms with Crippen LogP contribution in [-0.2, 0) is 9.53 Å². The van der Waals surface area contributed by atoms with Crippen molar-refractivity contribution in [2.24, 2.45) is 0 Å². The number of ether oxygens (including phenoxy) is 2. The van der Waals surface area contributed by atoms with Crippen LogP contribution in [0.5, 0.6) is 5.75 Å². The molecule has 4 rings (SSSR count). The number of amides is 1. The topological polar surface area (TPSA) is 76.8 Å². The highest BCUT2D eigenvalue weighted by atomic mass is 19.2. The molecule has 0 bridgehead atoms. The molecule has 1 saturated heterocycles. The molecule has 0 spiro atoms. The van der Waals surface area contributed by atoms with E-state index in [-0.39, 0.29) is 17.9 Å². The molecule has 0 aliphatic carbocycles. The van der Waals surface area contributed by atoms with Crippen molar-refractivity contribution < 1.29 is 32.5 Å². The molecule has 1 amide bonds. The summed E-state index contributed by atoms with van der Waals surface area (Å²) < 4.78 is 54.5. The summed E-state index contributed by atoms with van der Waals surface area (Å²) in [5, 5.41) is 10.4. The average Bonchev–Trinajstić information content (AvgIpc) is 3.26. The number of benzene rings is 2. The highest BCUT2D eigenvalue weighted by Gasteiger charge is 2.37. The van der Waals surface area contributed by atoms with Crippen LogP contribution < -0.4 is 4.74 Å². The van der Waals surface area contributed by atoms with E-state index < -0.39 is 41.6 Å². The first-order valence-electron chi connectivity index (χ1n) is 11.3. The molecule has 190 valence electrons. The number of carbonyl (C=O) groups excluding carboxylic acids is 1. The van der Waals surface area contributed by atoms with Crippen molar-refractivity contribution in [3.05, 3.63) is 82.9 Å². The zero-order valence-corrected chi connectivity index (χ0v) is 20.2. The summed E-state index contributed by atoms with van der Waals surface area (Å²) in [4.78, 5) is 18.9. The van der Waals surface area contributed by atoms with E-state index in [1.807, 2.05) is 23.8 Å². The van der Waals surface area contributed by atoms with Crippen molar-refractivity contribution in [2.75, 3.05) is 13.7 Å². The van der Waals surface area contributed by atoms with E-state index in [4.69, 9.17) is 9.47 Å². The maximum absolute atomic E-state index is 13.9. The van der Waals surface area contributed by atoms with Gasteiger partial charge < -0.3 is 24.0 Å². The van der Waals surface area contributed by atoms with Crippen LogP contribution in [0, 0.1) is 24.4 Å². The van der Waals surface area contributed by atoms with Gasteiger partial charge in [-0.15, -0.1) is 0 Å². The largest absolute Gasteiger partial charge is 0.495 e. The zero-order chi connectivity index (χ0) is 26.1. The van der Waals surface area contributed by atoms with Gasteiger partial charge >= 0.3 is 0 Å². The van der Waals surface area contributed by atoms with Crippen LogP contribution in [0.2, 0.25) is 0 Å². The van der Waals surface area contributed by atoms with E-state index in [0.29, 0.717) is 11.3 Å². The predicted molar refractivity (Wildman–Crippen MR) is 126 cm³/mol. The number of nitrogens with zero attached hydrogens (tertiary/aromatic N) is 3. The Morgan fingerprint density at radius 3 is 2.50 bits per heavy atom. The molecule has 3 atom stereocenters. The molecular weight excluding hydrogens is 475 g/mol. The second-order valence-electron chi connectivity index (χ2n) is 8.73. The minimum absolute atomic E-state index is 0.0178. The number of hydrogen-bond acceptors (Lipinski definition) is 5. The fourth-order valence-electron chi connectivity index (χ4n) is 4.31. The van der Waals surface area contributed by atoms with Gasteiger partial charge in [-0.05, 0) is 62.2 Å². The van der Waals surface area contributed by atoms with Gasteiger partial charge in [0.2, 0.25) is 0 Å². The number of imidazole rings is 1. The van der Waals surface area contributed by atoms with Crippen molar-refractivity contribution in [1.29, 1.82) is 0 Å². The van der Waals surface area contributed by atoms with Gasteiger partial charge in [0.25, 0.3) is 5.91 Å². The SMILES string of the molecule is COc1cc(C=C2O[C@H](C)CN([C@H](c3cc(F)c(F)c(F)c3)[C@@H](C)O)C2=O)ccc1-n1cnc(C)c1. The number of carbonyl (C=O) groups is 1. The first-order valence-corrected chi connectivity index (χ1v) is 11.3. The number of aromatic nitrogens is 2. The maximum atomic E-state index is 13.9. The van der Waals surface area contributed by atoms with E-state index >= 15 is 0 Å². The van der Waals surface area contributed by atoms with Crippen LogP contribution >= 0.6 is 0 Å². The van der Waals surface area contributed by atoms with Crippen LogP contribution in [0.1, 0.15) is 36.7 Å². The van der Waals surface area contributed by atoms with E-state index in [0.717, 1.165) is 23.5 Å². The van der Waals surface area contributed by atoms with Gasteiger partial charge in [0.05, 0.1) is 43.5 Å². The number of hydrogen-bond donors (Lipinski definition) is 1. The van der Waals surface area contributed by atoms with Crippen LogP contribution in [0.15, 0.2) is 48.6 Å². The summed E-state index contributed by atoms with van der Waals surface area (Å²) in [5.74, 6) is -4.49. The van der Waals surface area contributed by atoms with Crippen LogP contribution in [-0.4, -0.2) is 51.3 Å². The Morgan fingerprint density at radius 2 is 1.92 bits per heavy atom. The Balaban J connectivity index is 1.69. The Kier molecular flexibility index (Phi) is 7.07. The molecule has 1 aliphatic rings. The zero-order valence-electron chi connectivity index (χ0n) is 20.2. The smallest absolute Gasteiger partial charge is 0.289 e. The van der Waals surface area contributed by atoms with Gasteiger partial charge in [-0.2, -0.15) is 0 Å². The summed E-state index contributed by atoms with van der Waals surface area (Å²) >= 11 is 0. The lowest BCUT2D eigenvalue weighted by atomic mass is 9.98. The molecule has 1 N–H and O–H groups in total. The van der Waals surface area contributed by atoms with Gasteiger partial charge in [-0.25, -0.2) is 18.2 Å². The summed E-state index contributed by atoms with van der Waals surface area (Å²) in [6.45, 7) is 5.04. The Bertz CT molecular complexity index is 1300. The van der Waals surface area contributed by atoms with Gasteiger partial charge in [0.1, 0.15) is 11.9 Å². The first kappa shape index (κ1) is 25.3. The number of morpholine rings is 1. The molecule has 2 aromatic carbocycles. The number of halogens is 3. The molecule has 0 radical (unpaired) electrons. The highest BCUT2D eigenvalue weighted by Crippen LogP contribution is 2.33. The van der Waals surface area contributed by atoms with Crippen LogP contribution in [0.4, 0.5) is 13.2 Å². The monoisotopic (exact) mass is 501 g/mol. The Hall–Kier alpha value is -3.79. The van der Waals surface area contributed by atoms with E-state index in [1.54, 1.807) is 25.4 Å². The first-order chi connectivity index (χ1) is 17.1. The molecule has 1 aliphatic heterocycles. The number of rotatable bonds is 6. The quantitative estimate of drug-likeness (QED) is 0.402. The Morgan fingerprint density at radius 1 is 1.22 bits per heavy atom. The standard InChI is InChI=1S/C26H26F3N3O4/c1-14-11-31(13-30-14)21-6-5-17(7-22(21)35-4)8-23-26(34)32(12-15(2)36-23)25(16(3)33)18-9-19(27)24(29)20(28)10-18/h5-11,13,15-16,25,33H,12H2,1-4H3/t15-,16-,25+/m1/s1. The molecule has 3 aromatic rings. The third-order valence-corrected chi connectivity index (χ3v) is 5.89. The van der Waals surface area contributed by atoms with Crippen molar-refractivity contribution >= 4 is 12.0 Å². The molecular formula is C26H26F3N3O4. The lowest BCUT2D eigenvalue weighted by Gasteiger charge is -2.39. The molecule has 1 aromatic heterocycles. The van der Waals surface area contributed by atoms with Crippen molar-refractivity contribution in [3.8, 4) is 11.4 Å². The van der Waals surface area contributed by atoms with Gasteiger partial charge in [-0.1, -0.05) is 6.07 Å². The summed E-state index contributed by atoms with van der Waals surface area (Å²) in [7, 11) is 1.53. The summed E-state index contributed by atoms with van der Waals surface area (Å²) in [6.07, 6.45) is 3.35. The second-order valence-corrected chi connectivity index (χ2v) is 8.73. The molecule has 7 nitrogen and oxygen atoms in total. The normalized spacial score (nSPS) is 18.8. The fraction of sp³-hybridized carbons (Fsp3) is 0.308. The summed E-state index contributed by atoms with van der Waals surface area (Å²) in [6, 6.07) is 5.76. The fourth-order valence-corrected chi connectivity index (χ4v) is 4.31. The van der Waals surface area contributed by atoms with Crippen LogP contribution in [0.25, 0.3) is 11.8 Å². The second kappa shape index (κ2) is 10.1. The van der Waals surface area contributed by atoms with E-state index in [2.05, 4.69) is 4.98 Å². The number of methoxy groups -OCH3 is 1. The average molecular weight is 502 g/mol. The number of aliphatic hydroxyl groups is 1.